The summed E-state index contributed by atoms with van der Waals surface area (Å²) in [4.78, 5) is 0. The van der Waals surface area contributed by atoms with E-state index in [9.17, 15) is 0 Å². The van der Waals surface area contributed by atoms with Crippen LogP contribution in [0.5, 0.6) is 0 Å². The summed E-state index contributed by atoms with van der Waals surface area (Å²) in [6.45, 7) is 4.58. The largest absolute Gasteiger partial charge is 0.0654 e. The molecule has 0 heterocycles. The Labute approximate surface area is 205 Å². The van der Waals surface area contributed by atoms with Crippen molar-refractivity contribution in [2.45, 2.75) is 129 Å². The second-order valence-corrected chi connectivity index (χ2v) is 10.8. The summed E-state index contributed by atoms with van der Waals surface area (Å²) in [6.07, 6.45) is 23.9. The van der Waals surface area contributed by atoms with Gasteiger partial charge in [-0.2, -0.15) is 0 Å². The summed E-state index contributed by atoms with van der Waals surface area (Å²) in [5.41, 5.74) is 5.77. The molecule has 0 radical (unpaired) electrons. The third-order valence-electron chi connectivity index (χ3n) is 8.05. The van der Waals surface area contributed by atoms with Gasteiger partial charge >= 0.3 is 0 Å². The summed E-state index contributed by atoms with van der Waals surface area (Å²) < 4.78 is 0. The van der Waals surface area contributed by atoms with Crippen LogP contribution in [0.4, 0.5) is 0 Å². The Balaban J connectivity index is 1.35. The van der Waals surface area contributed by atoms with Gasteiger partial charge < -0.3 is 0 Å². The monoisotopic (exact) mass is 446 g/mol. The van der Waals surface area contributed by atoms with Gasteiger partial charge in [0.1, 0.15) is 0 Å². The van der Waals surface area contributed by atoms with Gasteiger partial charge in [0.2, 0.25) is 0 Å². The van der Waals surface area contributed by atoms with E-state index in [2.05, 4.69) is 62.4 Å². The zero-order valence-electron chi connectivity index (χ0n) is 21.8. The number of unbranched alkanes of at least 4 members (excludes halogenated alkanes) is 9. The van der Waals surface area contributed by atoms with E-state index in [4.69, 9.17) is 0 Å². The quantitative estimate of drug-likeness (QED) is 0.239. The molecule has 3 rings (SSSR count). The number of aryl methyl sites for hydroxylation is 1. The maximum atomic E-state index is 2.41. The first-order valence-corrected chi connectivity index (χ1v) is 14.5. The normalized spacial score (nSPS) is 18.5. The molecule has 1 aliphatic rings. The zero-order valence-corrected chi connectivity index (χ0v) is 21.8. The molecule has 0 bridgehead atoms. The van der Waals surface area contributed by atoms with Crippen LogP contribution in [0, 0.1) is 5.92 Å². The molecule has 0 N–H and O–H groups in total. The summed E-state index contributed by atoms with van der Waals surface area (Å²) in [5.74, 6) is 1.78. The molecule has 0 spiro atoms. The van der Waals surface area contributed by atoms with E-state index in [1.165, 1.54) is 126 Å². The molecule has 0 unspecified atom stereocenters. The molecule has 2 aromatic rings. The average Bonchev–Trinajstić information content (AvgIpc) is 2.87. The van der Waals surface area contributed by atoms with E-state index < -0.39 is 0 Å². The first-order valence-electron chi connectivity index (χ1n) is 14.5. The minimum Gasteiger partial charge on any atom is -0.0654 e. The summed E-state index contributed by atoms with van der Waals surface area (Å²) >= 11 is 0. The van der Waals surface area contributed by atoms with Gasteiger partial charge in [-0.15, -0.1) is 0 Å². The smallest absolute Gasteiger partial charge is 0.0162 e. The van der Waals surface area contributed by atoms with Crippen molar-refractivity contribution in [3.05, 3.63) is 59.7 Å². The van der Waals surface area contributed by atoms with Crippen molar-refractivity contribution >= 4 is 0 Å². The van der Waals surface area contributed by atoms with Gasteiger partial charge in [0.05, 0.1) is 0 Å². The van der Waals surface area contributed by atoms with E-state index in [0.29, 0.717) is 0 Å². The topological polar surface area (TPSA) is 0 Å². The van der Waals surface area contributed by atoms with E-state index >= 15 is 0 Å². The molecule has 0 aliphatic heterocycles. The predicted molar refractivity (Wildman–Crippen MR) is 147 cm³/mol. The Morgan fingerprint density at radius 3 is 1.67 bits per heavy atom. The third kappa shape index (κ3) is 9.30. The van der Waals surface area contributed by atoms with Crippen molar-refractivity contribution in [1.29, 1.82) is 0 Å². The molecular weight excluding hydrogens is 396 g/mol. The van der Waals surface area contributed by atoms with E-state index in [1.54, 1.807) is 5.56 Å². The second-order valence-electron chi connectivity index (χ2n) is 10.8. The second kappa shape index (κ2) is 15.4. The SMILES string of the molecule is CCCCCCCCCCC1CCC(c2ccc(-c3ccc(CCCCC)cc3)cc2)CC1. The standard InChI is InChI=1S/C33H50/c1-3-5-7-8-9-10-11-13-15-29-18-22-31(23-19-29)33-26-24-32(25-27-33)30-20-16-28(17-21-30)14-12-6-4-2/h16-17,20-21,24-27,29,31H,3-15,18-19,22-23H2,1-2H3. The van der Waals surface area contributed by atoms with Gasteiger partial charge in [-0.3, -0.25) is 0 Å². The maximum Gasteiger partial charge on any atom is -0.0162 e. The van der Waals surface area contributed by atoms with Crippen molar-refractivity contribution in [2.24, 2.45) is 5.92 Å². The van der Waals surface area contributed by atoms with Gasteiger partial charge in [-0.25, -0.2) is 0 Å². The lowest BCUT2D eigenvalue weighted by molar-refractivity contribution is 0.302. The molecule has 0 heteroatoms. The molecule has 0 saturated heterocycles. The fourth-order valence-electron chi connectivity index (χ4n) is 5.74. The van der Waals surface area contributed by atoms with Gasteiger partial charge in [-0.05, 0) is 72.6 Å². The van der Waals surface area contributed by atoms with Crippen molar-refractivity contribution in [1.82, 2.24) is 0 Å². The van der Waals surface area contributed by atoms with Crippen LogP contribution in [0.25, 0.3) is 11.1 Å². The zero-order chi connectivity index (χ0) is 23.1. The highest BCUT2D eigenvalue weighted by molar-refractivity contribution is 5.64. The average molecular weight is 447 g/mol. The van der Waals surface area contributed by atoms with E-state index in [1.807, 2.05) is 0 Å². The van der Waals surface area contributed by atoms with Gasteiger partial charge in [0, 0.05) is 0 Å². The molecule has 0 aromatic heterocycles. The minimum absolute atomic E-state index is 0.787. The molecule has 1 fully saturated rings. The van der Waals surface area contributed by atoms with Gasteiger partial charge in [0.15, 0.2) is 0 Å². The highest BCUT2D eigenvalue weighted by Crippen LogP contribution is 2.38. The lowest BCUT2D eigenvalue weighted by atomic mass is 9.77. The van der Waals surface area contributed by atoms with Crippen LogP contribution < -0.4 is 0 Å². The van der Waals surface area contributed by atoms with E-state index in [0.717, 1.165) is 11.8 Å². The molecule has 33 heavy (non-hydrogen) atoms. The lowest BCUT2D eigenvalue weighted by Gasteiger charge is -2.29. The molecule has 182 valence electrons. The number of rotatable bonds is 15. The lowest BCUT2D eigenvalue weighted by Crippen LogP contribution is -2.13. The first-order chi connectivity index (χ1) is 16.3. The molecule has 1 aliphatic carbocycles. The molecule has 1 saturated carbocycles. The molecular formula is C33H50. The third-order valence-corrected chi connectivity index (χ3v) is 8.05. The van der Waals surface area contributed by atoms with Crippen LogP contribution in [0.15, 0.2) is 48.5 Å². The number of benzene rings is 2. The van der Waals surface area contributed by atoms with Crippen molar-refractivity contribution in [3.8, 4) is 11.1 Å². The highest BCUT2D eigenvalue weighted by atomic mass is 14.3. The van der Waals surface area contributed by atoms with Crippen LogP contribution >= 0.6 is 0 Å². The summed E-state index contributed by atoms with van der Waals surface area (Å²) in [5, 5.41) is 0. The van der Waals surface area contributed by atoms with Crippen LogP contribution in [0.3, 0.4) is 0 Å². The van der Waals surface area contributed by atoms with E-state index in [-0.39, 0.29) is 0 Å². The highest BCUT2D eigenvalue weighted by Gasteiger charge is 2.22. The van der Waals surface area contributed by atoms with Crippen molar-refractivity contribution in [2.75, 3.05) is 0 Å². The van der Waals surface area contributed by atoms with Crippen LogP contribution in [0.2, 0.25) is 0 Å². The fourth-order valence-corrected chi connectivity index (χ4v) is 5.74. The Morgan fingerprint density at radius 2 is 1.06 bits per heavy atom. The Morgan fingerprint density at radius 1 is 0.545 bits per heavy atom. The van der Waals surface area contributed by atoms with Crippen LogP contribution in [-0.2, 0) is 6.42 Å². The Kier molecular flexibility index (Phi) is 12.1. The molecule has 0 amide bonds. The number of hydrogen-bond donors (Lipinski definition) is 0. The van der Waals surface area contributed by atoms with Crippen LogP contribution in [0.1, 0.15) is 134 Å². The fraction of sp³-hybridized carbons (Fsp3) is 0.636. The van der Waals surface area contributed by atoms with Crippen molar-refractivity contribution in [3.63, 3.8) is 0 Å². The van der Waals surface area contributed by atoms with Gasteiger partial charge in [-0.1, -0.05) is 133 Å². The Bertz CT molecular complexity index is 731. The van der Waals surface area contributed by atoms with Crippen molar-refractivity contribution < 1.29 is 0 Å². The molecule has 2 aromatic carbocycles. The predicted octanol–water partition coefficient (Wildman–Crippen LogP) is 10.9. The first kappa shape index (κ1) is 26.1. The molecule has 0 atom stereocenters. The number of hydrogen-bond acceptors (Lipinski definition) is 0. The van der Waals surface area contributed by atoms with Crippen LogP contribution in [-0.4, -0.2) is 0 Å². The minimum atomic E-state index is 0.787. The summed E-state index contributed by atoms with van der Waals surface area (Å²) in [6, 6.07) is 18.8. The maximum absolute atomic E-state index is 2.41. The van der Waals surface area contributed by atoms with Gasteiger partial charge in [0.25, 0.3) is 0 Å². The Hall–Kier alpha value is -1.56. The summed E-state index contributed by atoms with van der Waals surface area (Å²) in [7, 11) is 0. The molecule has 0 nitrogen and oxygen atoms in total.